The van der Waals surface area contributed by atoms with Crippen LogP contribution in [0, 0.1) is 17.6 Å². The number of rotatable bonds is 8. The Balaban J connectivity index is 1.67. The topological polar surface area (TPSA) is 9.23 Å². The van der Waals surface area contributed by atoms with E-state index in [1.807, 2.05) is 12.1 Å². The van der Waals surface area contributed by atoms with Crippen molar-refractivity contribution in [3.05, 3.63) is 65.7 Å². The van der Waals surface area contributed by atoms with Crippen molar-refractivity contribution in [2.45, 2.75) is 64.7 Å². The van der Waals surface area contributed by atoms with Crippen LogP contribution >= 0.6 is 0 Å². The zero-order valence-corrected chi connectivity index (χ0v) is 17.6. The first-order chi connectivity index (χ1) is 14.1. The predicted octanol–water partition coefficient (Wildman–Crippen LogP) is 8.05. The van der Waals surface area contributed by atoms with Gasteiger partial charge >= 0.3 is 0 Å². The van der Waals surface area contributed by atoms with E-state index in [1.165, 1.54) is 37.3 Å². The SMILES string of the molecule is C/C=C/C1CCC(c2ccc(-c3ccc(OCCCCC)c(F)c3F)cc2)CC1. The van der Waals surface area contributed by atoms with Crippen molar-refractivity contribution < 1.29 is 13.5 Å². The molecule has 0 heterocycles. The highest BCUT2D eigenvalue weighted by Gasteiger charge is 2.21. The van der Waals surface area contributed by atoms with E-state index in [0.717, 1.165) is 19.3 Å². The van der Waals surface area contributed by atoms with E-state index < -0.39 is 11.6 Å². The van der Waals surface area contributed by atoms with Gasteiger partial charge in [-0.15, -0.1) is 0 Å². The maximum Gasteiger partial charge on any atom is 0.201 e. The summed E-state index contributed by atoms with van der Waals surface area (Å²) in [6.07, 6.45) is 12.2. The molecule has 1 aliphatic rings. The van der Waals surface area contributed by atoms with Gasteiger partial charge in [0.2, 0.25) is 5.82 Å². The molecule has 0 unspecified atom stereocenters. The molecule has 1 saturated carbocycles. The molecule has 0 amide bonds. The first kappa shape index (κ1) is 21.5. The van der Waals surface area contributed by atoms with Crippen molar-refractivity contribution in [3.63, 3.8) is 0 Å². The zero-order chi connectivity index (χ0) is 20.6. The van der Waals surface area contributed by atoms with E-state index in [-0.39, 0.29) is 11.3 Å². The predicted molar refractivity (Wildman–Crippen MR) is 116 cm³/mol. The Kier molecular flexibility index (Phi) is 7.85. The van der Waals surface area contributed by atoms with Crippen LogP contribution in [0.5, 0.6) is 5.75 Å². The van der Waals surface area contributed by atoms with Crippen LogP contribution in [0.2, 0.25) is 0 Å². The molecule has 0 spiro atoms. The molecule has 0 aromatic heterocycles. The molecule has 1 nitrogen and oxygen atoms in total. The Bertz CT molecular complexity index is 802. The summed E-state index contributed by atoms with van der Waals surface area (Å²) in [7, 11) is 0. The normalized spacial score (nSPS) is 19.6. The van der Waals surface area contributed by atoms with E-state index in [9.17, 15) is 8.78 Å². The van der Waals surface area contributed by atoms with Crippen molar-refractivity contribution in [2.24, 2.45) is 5.92 Å². The van der Waals surface area contributed by atoms with E-state index in [2.05, 4.69) is 38.1 Å². The summed E-state index contributed by atoms with van der Waals surface area (Å²) >= 11 is 0. The highest BCUT2D eigenvalue weighted by molar-refractivity contribution is 5.65. The summed E-state index contributed by atoms with van der Waals surface area (Å²) in [5, 5.41) is 0. The van der Waals surface area contributed by atoms with Gasteiger partial charge in [0.15, 0.2) is 11.6 Å². The molecule has 3 rings (SSSR count). The number of halogens is 2. The molecule has 2 aromatic rings. The van der Waals surface area contributed by atoms with Crippen molar-refractivity contribution in [1.29, 1.82) is 0 Å². The molecule has 2 aromatic carbocycles. The lowest BCUT2D eigenvalue weighted by Crippen LogP contribution is -2.11. The molecular formula is C26H32F2O. The first-order valence-corrected chi connectivity index (χ1v) is 11.0. The summed E-state index contributed by atoms with van der Waals surface area (Å²) in [6.45, 7) is 4.58. The lowest BCUT2D eigenvalue weighted by Gasteiger charge is -2.27. The first-order valence-electron chi connectivity index (χ1n) is 11.0. The third kappa shape index (κ3) is 5.46. The Hall–Kier alpha value is -2.16. The number of unbranched alkanes of at least 4 members (excludes halogenated alkanes) is 2. The molecule has 1 fully saturated rings. The van der Waals surface area contributed by atoms with Crippen LogP contribution in [-0.2, 0) is 0 Å². The van der Waals surface area contributed by atoms with E-state index in [0.29, 0.717) is 24.0 Å². The van der Waals surface area contributed by atoms with Gasteiger partial charge in [0.1, 0.15) is 0 Å². The molecule has 0 N–H and O–H groups in total. The summed E-state index contributed by atoms with van der Waals surface area (Å²) < 4.78 is 34.5. The van der Waals surface area contributed by atoms with Gasteiger partial charge < -0.3 is 4.74 Å². The summed E-state index contributed by atoms with van der Waals surface area (Å²) in [5.74, 6) is -0.471. The fourth-order valence-electron chi connectivity index (χ4n) is 4.25. The lowest BCUT2D eigenvalue weighted by molar-refractivity contribution is 0.286. The minimum atomic E-state index is -0.898. The summed E-state index contributed by atoms with van der Waals surface area (Å²) in [6, 6.07) is 11.1. The zero-order valence-electron chi connectivity index (χ0n) is 17.6. The number of hydrogen-bond donors (Lipinski definition) is 0. The van der Waals surface area contributed by atoms with Crippen LogP contribution in [0.1, 0.15) is 70.3 Å². The Labute approximate surface area is 173 Å². The lowest BCUT2D eigenvalue weighted by atomic mass is 9.78. The summed E-state index contributed by atoms with van der Waals surface area (Å²) in [5.41, 5.74) is 2.28. The smallest absolute Gasteiger partial charge is 0.201 e. The van der Waals surface area contributed by atoms with Crippen LogP contribution in [-0.4, -0.2) is 6.61 Å². The highest BCUT2D eigenvalue weighted by atomic mass is 19.2. The second-order valence-corrected chi connectivity index (χ2v) is 8.05. The minimum absolute atomic E-state index is 0.00291. The molecule has 0 saturated heterocycles. The van der Waals surface area contributed by atoms with Gasteiger partial charge in [0.25, 0.3) is 0 Å². The minimum Gasteiger partial charge on any atom is -0.490 e. The highest BCUT2D eigenvalue weighted by Crippen LogP contribution is 2.37. The maximum absolute atomic E-state index is 14.6. The quantitative estimate of drug-likeness (QED) is 0.323. The van der Waals surface area contributed by atoms with Crippen LogP contribution in [0.25, 0.3) is 11.1 Å². The van der Waals surface area contributed by atoms with Crippen molar-refractivity contribution >= 4 is 0 Å². The standard InChI is InChI=1S/C26H32F2O/c1-3-5-6-18-29-24-17-16-23(25(27)26(24)28)22-14-12-21(13-15-22)20-10-8-19(7-4-2)9-11-20/h4,7,12-17,19-20H,3,5-6,8-11,18H2,1-2H3/b7-4+. The molecule has 0 atom stereocenters. The molecule has 1 aliphatic carbocycles. The van der Waals surface area contributed by atoms with E-state index in [4.69, 9.17) is 4.74 Å². The Morgan fingerprint density at radius 2 is 1.66 bits per heavy atom. The molecule has 0 radical (unpaired) electrons. The van der Waals surface area contributed by atoms with Crippen molar-refractivity contribution in [1.82, 2.24) is 0 Å². The van der Waals surface area contributed by atoms with Crippen LogP contribution in [0.15, 0.2) is 48.6 Å². The van der Waals surface area contributed by atoms with E-state index in [1.54, 1.807) is 6.07 Å². The molecule has 0 bridgehead atoms. The number of ether oxygens (including phenoxy) is 1. The fourth-order valence-corrected chi connectivity index (χ4v) is 4.25. The van der Waals surface area contributed by atoms with Crippen molar-refractivity contribution in [2.75, 3.05) is 6.61 Å². The largest absolute Gasteiger partial charge is 0.490 e. The fraction of sp³-hybridized carbons (Fsp3) is 0.462. The number of benzene rings is 2. The van der Waals surface area contributed by atoms with Crippen molar-refractivity contribution in [3.8, 4) is 16.9 Å². The molecule has 156 valence electrons. The Morgan fingerprint density at radius 1 is 0.931 bits per heavy atom. The third-order valence-electron chi connectivity index (χ3n) is 5.98. The second-order valence-electron chi connectivity index (χ2n) is 8.05. The summed E-state index contributed by atoms with van der Waals surface area (Å²) in [4.78, 5) is 0. The van der Waals surface area contributed by atoms with Crippen LogP contribution in [0.4, 0.5) is 8.78 Å². The monoisotopic (exact) mass is 398 g/mol. The average molecular weight is 399 g/mol. The maximum atomic E-state index is 14.6. The molecule has 29 heavy (non-hydrogen) atoms. The average Bonchev–Trinajstić information content (AvgIpc) is 2.75. The molecular weight excluding hydrogens is 366 g/mol. The van der Waals surface area contributed by atoms with Gasteiger partial charge in [0.05, 0.1) is 6.61 Å². The van der Waals surface area contributed by atoms with Crippen LogP contribution < -0.4 is 4.74 Å². The van der Waals surface area contributed by atoms with Gasteiger partial charge in [-0.3, -0.25) is 0 Å². The third-order valence-corrected chi connectivity index (χ3v) is 5.98. The second kappa shape index (κ2) is 10.6. The van der Waals surface area contributed by atoms with Crippen LogP contribution in [0.3, 0.4) is 0 Å². The van der Waals surface area contributed by atoms with Gasteiger partial charge in [-0.25, -0.2) is 4.39 Å². The van der Waals surface area contributed by atoms with Gasteiger partial charge in [-0.1, -0.05) is 56.2 Å². The van der Waals surface area contributed by atoms with E-state index >= 15 is 0 Å². The van der Waals surface area contributed by atoms with Gasteiger partial charge in [-0.2, -0.15) is 4.39 Å². The molecule has 3 heteroatoms. The Morgan fingerprint density at radius 3 is 2.31 bits per heavy atom. The van der Waals surface area contributed by atoms with Gasteiger partial charge in [-0.05, 0) is 74.1 Å². The molecule has 0 aliphatic heterocycles. The van der Waals surface area contributed by atoms with Gasteiger partial charge in [0, 0.05) is 5.56 Å². The number of hydrogen-bond acceptors (Lipinski definition) is 1. The number of allylic oxidation sites excluding steroid dienone is 2.